The Bertz CT molecular complexity index is 608. The molecule has 2 heterocycles. The van der Waals surface area contributed by atoms with E-state index in [1.807, 2.05) is 7.05 Å². The molecule has 0 saturated carbocycles. The Kier molecular flexibility index (Phi) is 4.55. The molecule has 1 aliphatic heterocycles. The fourth-order valence-corrected chi connectivity index (χ4v) is 3.29. The van der Waals surface area contributed by atoms with Crippen LogP contribution in [0.3, 0.4) is 0 Å². The van der Waals surface area contributed by atoms with E-state index in [0.717, 1.165) is 36.1 Å². The summed E-state index contributed by atoms with van der Waals surface area (Å²) in [6.45, 7) is 0.734. The first-order chi connectivity index (χ1) is 10.3. The SMILES string of the molecule is Cn1cnc(CCN=C2NC(Cc3ccccc3)CS2)n1. The maximum Gasteiger partial charge on any atom is 0.156 e. The highest BCUT2D eigenvalue weighted by Gasteiger charge is 2.20. The number of rotatable bonds is 5. The highest BCUT2D eigenvalue weighted by atomic mass is 32.2. The number of nitrogens with zero attached hydrogens (tertiary/aromatic N) is 4. The van der Waals surface area contributed by atoms with Gasteiger partial charge in [-0.15, -0.1) is 0 Å². The molecule has 0 amide bonds. The van der Waals surface area contributed by atoms with Crippen LogP contribution in [0, 0.1) is 0 Å². The van der Waals surface area contributed by atoms with Crippen LogP contribution in [0.4, 0.5) is 0 Å². The zero-order valence-corrected chi connectivity index (χ0v) is 12.9. The Hall–Kier alpha value is -1.82. The van der Waals surface area contributed by atoms with Crippen molar-refractivity contribution in [3.63, 3.8) is 0 Å². The molecule has 110 valence electrons. The predicted octanol–water partition coefficient (Wildman–Crippen LogP) is 1.66. The summed E-state index contributed by atoms with van der Waals surface area (Å²) >= 11 is 1.80. The summed E-state index contributed by atoms with van der Waals surface area (Å²) in [5, 5.41) is 8.80. The van der Waals surface area contributed by atoms with E-state index in [4.69, 9.17) is 0 Å². The first-order valence-electron chi connectivity index (χ1n) is 7.12. The molecule has 1 aromatic carbocycles. The maximum absolute atomic E-state index is 4.60. The number of hydrogen-bond acceptors (Lipinski definition) is 4. The van der Waals surface area contributed by atoms with Crippen LogP contribution in [0.2, 0.25) is 0 Å². The molecule has 1 N–H and O–H groups in total. The third-order valence-corrected chi connectivity index (χ3v) is 4.40. The number of aliphatic imine (C=N–C) groups is 1. The van der Waals surface area contributed by atoms with Gasteiger partial charge in [-0.3, -0.25) is 9.67 Å². The number of hydrogen-bond donors (Lipinski definition) is 1. The molecule has 1 unspecified atom stereocenters. The second-order valence-electron chi connectivity index (χ2n) is 5.11. The minimum atomic E-state index is 0.476. The Morgan fingerprint density at radius 2 is 2.24 bits per heavy atom. The number of nitrogens with one attached hydrogen (secondary N) is 1. The third kappa shape index (κ3) is 4.07. The van der Waals surface area contributed by atoms with Crippen molar-refractivity contribution in [1.29, 1.82) is 0 Å². The van der Waals surface area contributed by atoms with Gasteiger partial charge in [0.05, 0.1) is 0 Å². The summed E-state index contributed by atoms with van der Waals surface area (Å²) in [4.78, 5) is 8.80. The fraction of sp³-hybridized carbons (Fsp3) is 0.400. The summed E-state index contributed by atoms with van der Waals surface area (Å²) in [7, 11) is 1.88. The summed E-state index contributed by atoms with van der Waals surface area (Å²) in [6.07, 6.45) is 3.56. The van der Waals surface area contributed by atoms with Crippen LogP contribution in [0.1, 0.15) is 11.4 Å². The van der Waals surface area contributed by atoms with Crippen molar-refractivity contribution in [1.82, 2.24) is 20.1 Å². The van der Waals surface area contributed by atoms with E-state index in [1.165, 1.54) is 5.56 Å². The largest absolute Gasteiger partial charge is 0.361 e. The van der Waals surface area contributed by atoms with E-state index in [1.54, 1.807) is 22.8 Å². The molecule has 0 radical (unpaired) electrons. The zero-order valence-electron chi connectivity index (χ0n) is 12.1. The lowest BCUT2D eigenvalue weighted by Crippen LogP contribution is -2.29. The number of benzene rings is 1. The van der Waals surface area contributed by atoms with E-state index in [0.29, 0.717) is 6.04 Å². The van der Waals surface area contributed by atoms with Crippen molar-refractivity contribution in [2.45, 2.75) is 18.9 Å². The molecule has 0 aliphatic carbocycles. The smallest absolute Gasteiger partial charge is 0.156 e. The van der Waals surface area contributed by atoms with Gasteiger partial charge in [0.15, 0.2) is 11.0 Å². The minimum absolute atomic E-state index is 0.476. The van der Waals surface area contributed by atoms with Crippen LogP contribution in [-0.2, 0) is 19.9 Å². The second-order valence-corrected chi connectivity index (χ2v) is 6.12. The summed E-state index contributed by atoms with van der Waals surface area (Å²) < 4.78 is 1.72. The van der Waals surface area contributed by atoms with Crippen molar-refractivity contribution in [2.24, 2.45) is 12.0 Å². The summed E-state index contributed by atoms with van der Waals surface area (Å²) in [5.41, 5.74) is 1.37. The Balaban J connectivity index is 1.46. The van der Waals surface area contributed by atoms with Crippen LogP contribution in [0.15, 0.2) is 41.7 Å². The van der Waals surface area contributed by atoms with Crippen LogP contribution in [-0.4, -0.2) is 38.3 Å². The maximum atomic E-state index is 4.60. The van der Waals surface area contributed by atoms with Crippen LogP contribution in [0.5, 0.6) is 0 Å². The van der Waals surface area contributed by atoms with Crippen molar-refractivity contribution < 1.29 is 0 Å². The van der Waals surface area contributed by atoms with Gasteiger partial charge in [0.1, 0.15) is 6.33 Å². The molecule has 21 heavy (non-hydrogen) atoms. The lowest BCUT2D eigenvalue weighted by Gasteiger charge is -2.09. The molecule has 0 bridgehead atoms. The molecule has 1 saturated heterocycles. The monoisotopic (exact) mass is 301 g/mol. The van der Waals surface area contributed by atoms with E-state index in [2.05, 4.69) is 50.7 Å². The lowest BCUT2D eigenvalue weighted by molar-refractivity contribution is 0.685. The summed E-state index contributed by atoms with van der Waals surface area (Å²) in [6, 6.07) is 11.1. The molecule has 1 aliphatic rings. The molecular weight excluding hydrogens is 282 g/mol. The van der Waals surface area contributed by atoms with E-state index in [9.17, 15) is 0 Å². The van der Waals surface area contributed by atoms with Gasteiger partial charge in [0, 0.05) is 31.8 Å². The molecule has 6 heteroatoms. The average molecular weight is 301 g/mol. The van der Waals surface area contributed by atoms with Gasteiger partial charge < -0.3 is 5.32 Å². The number of thioether (sulfide) groups is 1. The van der Waals surface area contributed by atoms with Gasteiger partial charge in [0.2, 0.25) is 0 Å². The first kappa shape index (κ1) is 14.1. The predicted molar refractivity (Wildman–Crippen MR) is 86.5 cm³/mol. The lowest BCUT2D eigenvalue weighted by atomic mass is 10.1. The highest BCUT2D eigenvalue weighted by molar-refractivity contribution is 8.14. The zero-order chi connectivity index (χ0) is 14.5. The molecule has 1 aromatic heterocycles. The molecule has 1 fully saturated rings. The number of aryl methyl sites for hydroxylation is 1. The molecule has 5 nitrogen and oxygen atoms in total. The van der Waals surface area contributed by atoms with Crippen LogP contribution < -0.4 is 5.32 Å². The van der Waals surface area contributed by atoms with Crippen LogP contribution in [0.25, 0.3) is 0 Å². The molecule has 1 atom stereocenters. The molecule has 2 aromatic rings. The third-order valence-electron chi connectivity index (χ3n) is 3.31. The molecule has 0 spiro atoms. The van der Waals surface area contributed by atoms with Crippen molar-refractivity contribution in [3.05, 3.63) is 48.0 Å². The van der Waals surface area contributed by atoms with Crippen molar-refractivity contribution >= 4 is 16.9 Å². The van der Waals surface area contributed by atoms with E-state index >= 15 is 0 Å². The van der Waals surface area contributed by atoms with Gasteiger partial charge in [-0.1, -0.05) is 42.1 Å². The molecule has 3 rings (SSSR count). The van der Waals surface area contributed by atoms with E-state index in [-0.39, 0.29) is 0 Å². The average Bonchev–Trinajstić information content (AvgIpc) is 3.10. The Labute approximate surface area is 128 Å². The quantitative estimate of drug-likeness (QED) is 0.912. The van der Waals surface area contributed by atoms with Gasteiger partial charge in [-0.2, -0.15) is 5.10 Å². The van der Waals surface area contributed by atoms with Crippen LogP contribution >= 0.6 is 11.8 Å². The Morgan fingerprint density at radius 3 is 3.00 bits per heavy atom. The Morgan fingerprint density at radius 1 is 1.38 bits per heavy atom. The van der Waals surface area contributed by atoms with Gasteiger partial charge in [-0.25, -0.2) is 4.98 Å². The fourth-order valence-electron chi connectivity index (χ4n) is 2.29. The minimum Gasteiger partial charge on any atom is -0.361 e. The first-order valence-corrected chi connectivity index (χ1v) is 8.10. The molecular formula is C15H19N5S. The van der Waals surface area contributed by atoms with Crippen molar-refractivity contribution in [3.8, 4) is 0 Å². The number of amidine groups is 1. The van der Waals surface area contributed by atoms with Crippen molar-refractivity contribution in [2.75, 3.05) is 12.3 Å². The standard InChI is InChI=1S/C15H19N5S/c1-20-11-17-14(19-20)7-8-16-15-18-13(10-21-15)9-12-5-3-2-4-6-12/h2-6,11,13H,7-10H2,1H3,(H,16,18). The van der Waals surface area contributed by atoms with E-state index < -0.39 is 0 Å². The van der Waals surface area contributed by atoms with Gasteiger partial charge in [0.25, 0.3) is 0 Å². The highest BCUT2D eigenvalue weighted by Crippen LogP contribution is 2.17. The summed E-state index contributed by atoms with van der Waals surface area (Å²) in [5.74, 6) is 1.93. The topological polar surface area (TPSA) is 55.1 Å². The van der Waals surface area contributed by atoms with Gasteiger partial charge >= 0.3 is 0 Å². The number of aromatic nitrogens is 3. The normalized spacial score (nSPS) is 19.9. The van der Waals surface area contributed by atoms with Gasteiger partial charge in [-0.05, 0) is 12.0 Å². The second kappa shape index (κ2) is 6.76.